The summed E-state index contributed by atoms with van der Waals surface area (Å²) >= 11 is 0. The molecule has 2 amide bonds. The highest BCUT2D eigenvalue weighted by atomic mass is 16.5. The molecule has 28 heavy (non-hydrogen) atoms. The zero-order valence-electron chi connectivity index (χ0n) is 17.3. The van der Waals surface area contributed by atoms with Gasteiger partial charge in [0.1, 0.15) is 5.75 Å². The van der Waals surface area contributed by atoms with Gasteiger partial charge in [-0.25, -0.2) is 4.79 Å². The molecule has 2 aromatic carbocycles. The van der Waals surface area contributed by atoms with Crippen molar-refractivity contribution in [3.63, 3.8) is 0 Å². The zero-order valence-corrected chi connectivity index (χ0v) is 17.3. The highest BCUT2D eigenvalue weighted by molar-refractivity contribution is 5.74. The molecule has 0 aliphatic carbocycles. The predicted octanol–water partition coefficient (Wildman–Crippen LogP) is 4.15. The smallest absolute Gasteiger partial charge is 0.315 e. The number of amides is 2. The van der Waals surface area contributed by atoms with Gasteiger partial charge in [-0.2, -0.15) is 0 Å². The number of carbonyl (C=O) groups is 1. The number of methoxy groups -OCH3 is 2. The zero-order chi connectivity index (χ0) is 20.5. The number of benzene rings is 2. The summed E-state index contributed by atoms with van der Waals surface area (Å²) in [5.41, 5.74) is 3.18. The van der Waals surface area contributed by atoms with E-state index in [1.54, 1.807) is 14.2 Å². The molecule has 2 N–H and O–H groups in total. The van der Waals surface area contributed by atoms with Crippen molar-refractivity contribution in [3.8, 4) is 17.2 Å². The molecule has 2 rings (SSSR count). The van der Waals surface area contributed by atoms with Crippen molar-refractivity contribution in [2.75, 3.05) is 27.4 Å². The number of carbonyl (C=O) groups excluding carboxylic acids is 1. The van der Waals surface area contributed by atoms with Crippen molar-refractivity contribution in [1.82, 2.24) is 10.6 Å². The Kier molecular flexibility index (Phi) is 7.99. The Morgan fingerprint density at radius 3 is 2.36 bits per heavy atom. The van der Waals surface area contributed by atoms with E-state index in [0.29, 0.717) is 24.7 Å². The third-order valence-electron chi connectivity index (χ3n) is 4.52. The number of para-hydroxylation sites is 1. The molecule has 0 aliphatic heterocycles. The molecule has 0 spiro atoms. The molecule has 0 bridgehead atoms. The minimum Gasteiger partial charge on any atom is -0.493 e. The Balaban J connectivity index is 1.75. The summed E-state index contributed by atoms with van der Waals surface area (Å²) in [4.78, 5) is 12.1. The maximum atomic E-state index is 12.1. The first-order valence-corrected chi connectivity index (χ1v) is 9.41. The van der Waals surface area contributed by atoms with Crippen LogP contribution in [-0.4, -0.2) is 33.4 Å². The normalized spacial score (nSPS) is 11.5. The molecule has 0 heterocycles. The molecule has 152 valence electrons. The Labute approximate surface area is 167 Å². The van der Waals surface area contributed by atoms with E-state index in [9.17, 15) is 4.79 Å². The van der Waals surface area contributed by atoms with Gasteiger partial charge in [0, 0.05) is 6.54 Å². The van der Waals surface area contributed by atoms with Gasteiger partial charge in [0.05, 0.1) is 26.9 Å². The maximum absolute atomic E-state index is 12.1. The van der Waals surface area contributed by atoms with E-state index in [1.807, 2.05) is 57.2 Å². The fourth-order valence-corrected chi connectivity index (χ4v) is 2.93. The van der Waals surface area contributed by atoms with Crippen molar-refractivity contribution in [1.29, 1.82) is 0 Å². The fraction of sp³-hybridized carbons (Fsp3) is 0.409. The van der Waals surface area contributed by atoms with Crippen LogP contribution >= 0.6 is 0 Å². The van der Waals surface area contributed by atoms with Crippen molar-refractivity contribution in [2.45, 2.75) is 33.2 Å². The van der Waals surface area contributed by atoms with Gasteiger partial charge in [0.15, 0.2) is 11.5 Å². The molecular weight excluding hydrogens is 356 g/mol. The first-order valence-electron chi connectivity index (χ1n) is 9.41. The number of rotatable bonds is 9. The molecule has 6 nitrogen and oxygen atoms in total. The van der Waals surface area contributed by atoms with E-state index in [4.69, 9.17) is 14.2 Å². The number of hydrogen-bond acceptors (Lipinski definition) is 4. The van der Waals surface area contributed by atoms with Crippen LogP contribution in [0.5, 0.6) is 17.2 Å². The van der Waals surface area contributed by atoms with Crippen molar-refractivity contribution < 1.29 is 19.0 Å². The number of nitrogens with one attached hydrogen (secondary N) is 2. The van der Waals surface area contributed by atoms with Gasteiger partial charge in [0.25, 0.3) is 0 Å². The van der Waals surface area contributed by atoms with Crippen LogP contribution in [0.4, 0.5) is 4.79 Å². The summed E-state index contributed by atoms with van der Waals surface area (Å²) in [6.45, 7) is 7.07. The van der Waals surface area contributed by atoms with E-state index in [2.05, 4.69) is 10.6 Å². The van der Waals surface area contributed by atoms with E-state index < -0.39 is 0 Å². The summed E-state index contributed by atoms with van der Waals surface area (Å²) in [5.74, 6) is 2.22. The van der Waals surface area contributed by atoms with Crippen LogP contribution in [0.1, 0.15) is 36.1 Å². The molecule has 0 radical (unpaired) electrons. The van der Waals surface area contributed by atoms with Gasteiger partial charge in [-0.3, -0.25) is 0 Å². The lowest BCUT2D eigenvalue weighted by Gasteiger charge is -2.17. The van der Waals surface area contributed by atoms with Gasteiger partial charge >= 0.3 is 6.03 Å². The minimum atomic E-state index is -0.214. The average molecular weight is 386 g/mol. The summed E-state index contributed by atoms with van der Waals surface area (Å²) in [6.07, 6.45) is 0.728. The topological polar surface area (TPSA) is 68.8 Å². The molecule has 1 unspecified atom stereocenters. The summed E-state index contributed by atoms with van der Waals surface area (Å²) in [7, 11) is 3.18. The highest BCUT2D eigenvalue weighted by Gasteiger charge is 2.12. The molecule has 0 aliphatic rings. The molecule has 6 heteroatoms. The quantitative estimate of drug-likeness (QED) is 0.635. The lowest BCUT2D eigenvalue weighted by Crippen LogP contribution is -2.37. The van der Waals surface area contributed by atoms with E-state index >= 15 is 0 Å². The third kappa shape index (κ3) is 5.81. The Hall–Kier alpha value is -2.89. The second-order valence-electron chi connectivity index (χ2n) is 6.66. The SMILES string of the molecule is COc1ccc(C(C)NC(=O)NCCCOc2c(C)cccc2C)cc1OC. The van der Waals surface area contributed by atoms with Crippen molar-refractivity contribution in [3.05, 3.63) is 53.1 Å². The van der Waals surface area contributed by atoms with Crippen molar-refractivity contribution >= 4 is 6.03 Å². The minimum absolute atomic E-state index is 0.161. The Morgan fingerprint density at radius 1 is 1.04 bits per heavy atom. The Bertz CT molecular complexity index is 772. The van der Waals surface area contributed by atoms with Gasteiger partial charge in [-0.05, 0) is 56.0 Å². The molecular formula is C22H30N2O4. The monoisotopic (exact) mass is 386 g/mol. The van der Waals surface area contributed by atoms with E-state index in [-0.39, 0.29) is 12.1 Å². The molecule has 0 saturated carbocycles. The van der Waals surface area contributed by atoms with Crippen LogP contribution in [-0.2, 0) is 0 Å². The second-order valence-corrected chi connectivity index (χ2v) is 6.66. The summed E-state index contributed by atoms with van der Waals surface area (Å²) < 4.78 is 16.4. The number of ether oxygens (including phenoxy) is 3. The Morgan fingerprint density at radius 2 is 1.71 bits per heavy atom. The van der Waals surface area contributed by atoms with Gasteiger partial charge in [-0.15, -0.1) is 0 Å². The molecule has 0 aromatic heterocycles. The van der Waals surface area contributed by atoms with Crippen LogP contribution in [0.15, 0.2) is 36.4 Å². The average Bonchev–Trinajstić information content (AvgIpc) is 2.69. The second kappa shape index (κ2) is 10.4. The van der Waals surface area contributed by atoms with Crippen LogP contribution < -0.4 is 24.8 Å². The van der Waals surface area contributed by atoms with Gasteiger partial charge < -0.3 is 24.8 Å². The van der Waals surface area contributed by atoms with Crippen LogP contribution in [0.3, 0.4) is 0 Å². The lowest BCUT2D eigenvalue weighted by molar-refractivity contribution is 0.236. The standard InChI is InChI=1S/C22H30N2O4/c1-15-8-6-9-16(2)21(15)28-13-7-12-23-22(25)24-17(3)18-10-11-19(26-4)20(14-18)27-5/h6,8-11,14,17H,7,12-13H2,1-5H3,(H2,23,24,25). The van der Waals surface area contributed by atoms with Crippen LogP contribution in [0, 0.1) is 13.8 Å². The highest BCUT2D eigenvalue weighted by Crippen LogP contribution is 2.29. The third-order valence-corrected chi connectivity index (χ3v) is 4.52. The van der Waals surface area contributed by atoms with Crippen LogP contribution in [0.25, 0.3) is 0 Å². The van der Waals surface area contributed by atoms with E-state index in [1.165, 1.54) is 0 Å². The van der Waals surface area contributed by atoms with Gasteiger partial charge in [-0.1, -0.05) is 24.3 Å². The number of hydrogen-bond donors (Lipinski definition) is 2. The summed E-state index contributed by atoms with van der Waals surface area (Å²) in [5, 5.41) is 5.79. The summed E-state index contributed by atoms with van der Waals surface area (Å²) in [6, 6.07) is 11.3. The largest absolute Gasteiger partial charge is 0.493 e. The van der Waals surface area contributed by atoms with Gasteiger partial charge in [0.2, 0.25) is 0 Å². The van der Waals surface area contributed by atoms with Crippen LogP contribution in [0.2, 0.25) is 0 Å². The fourth-order valence-electron chi connectivity index (χ4n) is 2.93. The molecule has 0 fully saturated rings. The predicted molar refractivity (Wildman–Crippen MR) is 111 cm³/mol. The van der Waals surface area contributed by atoms with E-state index in [0.717, 1.165) is 28.9 Å². The first kappa shape index (κ1) is 21.4. The molecule has 1 atom stereocenters. The number of urea groups is 1. The first-order chi connectivity index (χ1) is 13.5. The molecule has 0 saturated heterocycles. The molecule has 2 aromatic rings. The lowest BCUT2D eigenvalue weighted by atomic mass is 10.1. The van der Waals surface area contributed by atoms with Crippen molar-refractivity contribution in [2.24, 2.45) is 0 Å². The maximum Gasteiger partial charge on any atom is 0.315 e. The number of aryl methyl sites for hydroxylation is 2.